The summed E-state index contributed by atoms with van der Waals surface area (Å²) in [4.78, 5) is 34.6. The Morgan fingerprint density at radius 1 is 1.07 bits per heavy atom. The van der Waals surface area contributed by atoms with Gasteiger partial charge in [0.1, 0.15) is 12.1 Å². The fourth-order valence-corrected chi connectivity index (χ4v) is 4.32. The molecule has 0 spiro atoms. The summed E-state index contributed by atoms with van der Waals surface area (Å²) in [5.41, 5.74) is 1.14. The second-order valence-electron chi connectivity index (χ2n) is 7.12. The zero-order chi connectivity index (χ0) is 19.3. The molecule has 2 saturated heterocycles. The second-order valence-corrected chi connectivity index (χ2v) is 8.03. The third-order valence-corrected chi connectivity index (χ3v) is 5.93. The van der Waals surface area contributed by atoms with Crippen LogP contribution in [0.25, 0.3) is 11.4 Å². The average Bonchev–Trinajstić information content (AvgIpc) is 3.32. The number of hydrogen-bond acceptors (Lipinski definition) is 7. The zero-order valence-electron chi connectivity index (χ0n) is 15.2. The minimum Gasteiger partial charge on any atom is -0.350 e. The van der Waals surface area contributed by atoms with Crippen molar-refractivity contribution >= 4 is 27.7 Å². The summed E-state index contributed by atoms with van der Waals surface area (Å²) < 4.78 is 2.59. The Morgan fingerprint density at radius 3 is 2.57 bits per heavy atom. The highest BCUT2D eigenvalue weighted by Crippen LogP contribution is 2.36. The van der Waals surface area contributed by atoms with E-state index >= 15 is 0 Å². The molecular weight excluding hydrogens is 422 g/mol. The van der Waals surface area contributed by atoms with Crippen molar-refractivity contribution in [3.8, 4) is 11.4 Å². The highest BCUT2D eigenvalue weighted by atomic mass is 79.9. The molecule has 8 nitrogen and oxygen atoms in total. The zero-order valence-corrected chi connectivity index (χ0v) is 16.8. The first-order valence-corrected chi connectivity index (χ1v) is 9.89. The lowest BCUT2D eigenvalue weighted by Gasteiger charge is -2.36. The lowest BCUT2D eigenvalue weighted by molar-refractivity contribution is 0.610. The summed E-state index contributed by atoms with van der Waals surface area (Å²) in [6.45, 7) is 1.68. The molecule has 0 saturated carbocycles. The Balaban J connectivity index is 1.45. The van der Waals surface area contributed by atoms with Crippen molar-refractivity contribution < 1.29 is 0 Å². The van der Waals surface area contributed by atoms with E-state index in [-0.39, 0.29) is 5.56 Å². The predicted octanol–water partition coefficient (Wildman–Crippen LogP) is 1.86. The van der Waals surface area contributed by atoms with Gasteiger partial charge in [-0.3, -0.25) is 9.36 Å². The van der Waals surface area contributed by atoms with E-state index in [1.54, 1.807) is 23.9 Å². The van der Waals surface area contributed by atoms with Crippen LogP contribution in [0, 0.1) is 0 Å². The van der Waals surface area contributed by atoms with E-state index in [4.69, 9.17) is 4.98 Å². The van der Waals surface area contributed by atoms with E-state index in [0.717, 1.165) is 29.8 Å². The molecule has 0 aromatic carbocycles. The highest BCUT2D eigenvalue weighted by Gasteiger charge is 2.45. The first-order chi connectivity index (χ1) is 13.6. The van der Waals surface area contributed by atoms with E-state index < -0.39 is 0 Å². The second kappa shape index (κ2) is 6.66. The fraction of sp³-hybridized carbons (Fsp3) is 0.316. The van der Waals surface area contributed by atoms with Crippen LogP contribution in [0.5, 0.6) is 0 Å². The summed E-state index contributed by atoms with van der Waals surface area (Å²) in [6, 6.07) is 8.01. The van der Waals surface area contributed by atoms with Crippen LogP contribution in [0.1, 0.15) is 6.42 Å². The van der Waals surface area contributed by atoms with Crippen LogP contribution in [-0.2, 0) is 7.05 Å². The molecule has 3 aromatic rings. The molecule has 9 heteroatoms. The highest BCUT2D eigenvalue weighted by molar-refractivity contribution is 9.10. The van der Waals surface area contributed by atoms with Gasteiger partial charge in [0.15, 0.2) is 0 Å². The van der Waals surface area contributed by atoms with Gasteiger partial charge >= 0.3 is 0 Å². The summed E-state index contributed by atoms with van der Waals surface area (Å²) in [6.07, 6.45) is 5.98. The topological polar surface area (TPSA) is 80.0 Å². The molecule has 28 heavy (non-hydrogen) atoms. The number of nitrogens with zero attached hydrogens (tertiary/aromatic N) is 7. The van der Waals surface area contributed by atoms with Crippen molar-refractivity contribution in [2.45, 2.75) is 18.5 Å². The molecule has 0 aliphatic carbocycles. The van der Waals surface area contributed by atoms with Gasteiger partial charge in [0, 0.05) is 43.1 Å². The molecule has 0 N–H and O–H groups in total. The van der Waals surface area contributed by atoms with Gasteiger partial charge in [0.05, 0.1) is 23.5 Å². The normalized spacial score (nSPS) is 20.8. The van der Waals surface area contributed by atoms with E-state index in [2.05, 4.69) is 40.7 Å². The number of rotatable bonds is 3. The molecule has 0 amide bonds. The van der Waals surface area contributed by atoms with Gasteiger partial charge in [-0.25, -0.2) is 19.9 Å². The quantitative estimate of drug-likeness (QED) is 0.615. The smallest absolute Gasteiger partial charge is 0.255 e. The summed E-state index contributed by atoms with van der Waals surface area (Å²) >= 11 is 3.44. The van der Waals surface area contributed by atoms with E-state index in [9.17, 15) is 4.79 Å². The van der Waals surface area contributed by atoms with Gasteiger partial charge in [-0.2, -0.15) is 0 Å². The Kier molecular flexibility index (Phi) is 4.12. The summed E-state index contributed by atoms with van der Waals surface area (Å²) in [5.74, 6) is 1.68. The number of halogens is 1. The molecule has 2 aliphatic rings. The Hall–Kier alpha value is -2.81. The minimum atomic E-state index is -0.0900. The Labute approximate surface area is 170 Å². The molecule has 2 aliphatic heterocycles. The SMILES string of the molecule is Cn1c(N2CC3C[C@@H]2CN3c2ccc(Br)cn2)nc(-c2ccncn2)cc1=O. The molecule has 2 bridgehead atoms. The van der Waals surface area contributed by atoms with Crippen molar-refractivity contribution in [2.75, 3.05) is 22.9 Å². The van der Waals surface area contributed by atoms with Gasteiger partial charge in [0.25, 0.3) is 5.56 Å². The number of piperazine rings is 1. The Morgan fingerprint density at radius 2 is 1.89 bits per heavy atom. The van der Waals surface area contributed by atoms with Crippen molar-refractivity contribution in [2.24, 2.45) is 7.05 Å². The molecule has 1 unspecified atom stereocenters. The van der Waals surface area contributed by atoms with E-state index in [1.165, 1.54) is 12.4 Å². The molecule has 3 aromatic heterocycles. The lowest BCUT2D eigenvalue weighted by atomic mass is 10.2. The maximum Gasteiger partial charge on any atom is 0.255 e. The predicted molar refractivity (Wildman–Crippen MR) is 109 cm³/mol. The standard InChI is InChI=1S/C19H18BrN7O/c1-25-18(28)7-16(15-4-5-21-11-23-15)24-19(25)27-10-13-6-14(27)9-26(13)17-3-2-12(20)8-22-17/h2-5,7-8,11,13-14H,6,9-10H2,1H3/t13?,14-/m1/s1. The van der Waals surface area contributed by atoms with Gasteiger partial charge in [-0.1, -0.05) is 0 Å². The van der Waals surface area contributed by atoms with Gasteiger partial charge in [-0.05, 0) is 40.5 Å². The van der Waals surface area contributed by atoms with Gasteiger partial charge in [-0.15, -0.1) is 0 Å². The third kappa shape index (κ3) is 2.86. The number of fused-ring (bicyclic) bond motifs is 2. The number of aromatic nitrogens is 5. The molecule has 5 rings (SSSR count). The van der Waals surface area contributed by atoms with Crippen LogP contribution in [0.4, 0.5) is 11.8 Å². The fourth-order valence-electron chi connectivity index (χ4n) is 4.09. The van der Waals surface area contributed by atoms with E-state index in [1.807, 2.05) is 18.3 Å². The number of pyridine rings is 1. The molecular formula is C19H18BrN7O. The maximum atomic E-state index is 12.5. The first kappa shape index (κ1) is 17.3. The summed E-state index contributed by atoms with van der Waals surface area (Å²) in [7, 11) is 1.77. The number of anilines is 2. The van der Waals surface area contributed by atoms with E-state index in [0.29, 0.717) is 29.4 Å². The summed E-state index contributed by atoms with van der Waals surface area (Å²) in [5, 5.41) is 0. The minimum absolute atomic E-state index is 0.0900. The monoisotopic (exact) mass is 439 g/mol. The molecule has 0 radical (unpaired) electrons. The first-order valence-electron chi connectivity index (χ1n) is 9.09. The molecule has 2 atom stereocenters. The van der Waals surface area contributed by atoms with Crippen molar-refractivity contribution in [1.82, 2.24) is 24.5 Å². The van der Waals surface area contributed by atoms with Crippen molar-refractivity contribution in [1.29, 1.82) is 0 Å². The van der Waals surface area contributed by atoms with Gasteiger partial charge < -0.3 is 9.80 Å². The maximum absolute atomic E-state index is 12.5. The number of hydrogen-bond donors (Lipinski definition) is 0. The molecule has 5 heterocycles. The van der Waals surface area contributed by atoms with Gasteiger partial charge in [0.2, 0.25) is 5.95 Å². The van der Waals surface area contributed by atoms with Crippen molar-refractivity contribution in [3.05, 3.63) is 57.8 Å². The molecule has 142 valence electrons. The van der Waals surface area contributed by atoms with Crippen LogP contribution in [0.2, 0.25) is 0 Å². The van der Waals surface area contributed by atoms with Crippen molar-refractivity contribution in [3.63, 3.8) is 0 Å². The molecule has 2 fully saturated rings. The largest absolute Gasteiger partial charge is 0.350 e. The Bertz CT molecular complexity index is 1070. The van der Waals surface area contributed by atoms with Crippen LogP contribution < -0.4 is 15.4 Å². The average molecular weight is 440 g/mol. The van der Waals surface area contributed by atoms with Crippen LogP contribution in [0.15, 0.2) is 52.3 Å². The van der Waals surface area contributed by atoms with Crippen LogP contribution in [0.3, 0.4) is 0 Å². The lowest BCUT2D eigenvalue weighted by Crippen LogP contribution is -2.48. The third-order valence-electron chi connectivity index (χ3n) is 5.46. The van der Waals surface area contributed by atoms with Crippen LogP contribution >= 0.6 is 15.9 Å². The van der Waals surface area contributed by atoms with Crippen LogP contribution in [-0.4, -0.2) is 49.7 Å².